The molecule has 1 fully saturated rings. The molecule has 2 aromatic rings. The monoisotopic (exact) mass is 487 g/mol. The van der Waals surface area contributed by atoms with Crippen molar-refractivity contribution >= 4 is 11.8 Å². The van der Waals surface area contributed by atoms with Crippen molar-refractivity contribution in [3.05, 3.63) is 82.2 Å². The third-order valence-corrected chi connectivity index (χ3v) is 7.64. The molecule has 2 unspecified atom stereocenters. The number of allylic oxidation sites excluding steroid dienone is 3. The highest BCUT2D eigenvalue weighted by Crippen LogP contribution is 2.47. The van der Waals surface area contributed by atoms with E-state index in [1.807, 2.05) is 43.3 Å². The quantitative estimate of drug-likeness (QED) is 0.539. The Labute approximate surface area is 212 Å². The van der Waals surface area contributed by atoms with Gasteiger partial charge in [0.05, 0.1) is 19.8 Å². The second-order valence-electron chi connectivity index (χ2n) is 9.85. The maximum Gasteiger partial charge on any atom is 0.337 e. The van der Waals surface area contributed by atoms with Crippen LogP contribution in [0.15, 0.2) is 71.1 Å². The van der Waals surface area contributed by atoms with Crippen molar-refractivity contribution < 1.29 is 23.8 Å². The van der Waals surface area contributed by atoms with Gasteiger partial charge in [0, 0.05) is 29.3 Å². The van der Waals surface area contributed by atoms with Crippen LogP contribution in [-0.4, -0.2) is 32.1 Å². The van der Waals surface area contributed by atoms with Gasteiger partial charge in [0.25, 0.3) is 0 Å². The van der Waals surface area contributed by atoms with Gasteiger partial charge in [-0.1, -0.05) is 36.4 Å². The average molecular weight is 488 g/mol. The second-order valence-corrected chi connectivity index (χ2v) is 9.85. The first-order chi connectivity index (χ1) is 17.5. The number of Topliss-reactive ketones (excluding diaryl/α,β-unsaturated/α-hetero) is 1. The third-order valence-electron chi connectivity index (χ3n) is 7.64. The van der Waals surface area contributed by atoms with Crippen LogP contribution in [0.25, 0.3) is 0 Å². The summed E-state index contributed by atoms with van der Waals surface area (Å²) < 4.78 is 16.9. The second kappa shape index (κ2) is 10.2. The summed E-state index contributed by atoms with van der Waals surface area (Å²) in [6.45, 7) is 1.90. The summed E-state index contributed by atoms with van der Waals surface area (Å²) in [5, 5.41) is 3.44. The highest BCUT2D eigenvalue weighted by atomic mass is 16.5. The molecule has 1 saturated carbocycles. The molecule has 36 heavy (non-hydrogen) atoms. The van der Waals surface area contributed by atoms with Crippen LogP contribution in [0, 0.1) is 0 Å². The Morgan fingerprint density at radius 1 is 0.917 bits per heavy atom. The predicted molar refractivity (Wildman–Crippen MR) is 137 cm³/mol. The van der Waals surface area contributed by atoms with Gasteiger partial charge in [-0.2, -0.15) is 0 Å². The van der Waals surface area contributed by atoms with Gasteiger partial charge in [-0.05, 0) is 68.2 Å². The third kappa shape index (κ3) is 4.52. The molecule has 0 radical (unpaired) electrons. The standard InChI is InChI=1S/C30H33NO5/c1-18-27(30(33)36-22-11-7-8-12-22)28(20-13-14-25(34-2)26(17-20)35-3)29-23(31-18)15-21(16-24(29)32)19-9-5-4-6-10-19/h4-6,9-10,13-14,17,21-22,28,31H,7-8,11-12,15-16H2,1-3H3. The van der Waals surface area contributed by atoms with Crippen LogP contribution < -0.4 is 14.8 Å². The molecule has 5 rings (SSSR count). The topological polar surface area (TPSA) is 73.9 Å². The number of rotatable bonds is 6. The molecule has 6 heteroatoms. The Morgan fingerprint density at radius 2 is 1.64 bits per heavy atom. The van der Waals surface area contributed by atoms with Crippen molar-refractivity contribution in [3.8, 4) is 11.5 Å². The average Bonchev–Trinajstić information content (AvgIpc) is 3.40. The highest BCUT2D eigenvalue weighted by Gasteiger charge is 2.42. The molecule has 3 aliphatic rings. The molecule has 188 valence electrons. The Bertz CT molecular complexity index is 1220. The van der Waals surface area contributed by atoms with Crippen molar-refractivity contribution in [3.63, 3.8) is 0 Å². The number of carbonyl (C=O) groups excluding carboxylic acids is 2. The number of nitrogens with one attached hydrogen (secondary N) is 1. The lowest BCUT2D eigenvalue weighted by molar-refractivity contribution is -0.144. The van der Waals surface area contributed by atoms with Crippen molar-refractivity contribution in [1.82, 2.24) is 5.32 Å². The molecule has 1 heterocycles. The normalized spacial score (nSPS) is 22.2. The zero-order valence-corrected chi connectivity index (χ0v) is 21.1. The summed E-state index contributed by atoms with van der Waals surface area (Å²) >= 11 is 0. The Hall–Kier alpha value is -3.54. The van der Waals surface area contributed by atoms with Crippen LogP contribution in [0.1, 0.15) is 68.4 Å². The lowest BCUT2D eigenvalue weighted by Gasteiger charge is -2.37. The molecule has 1 N–H and O–H groups in total. The molecule has 0 spiro atoms. The predicted octanol–water partition coefficient (Wildman–Crippen LogP) is 5.55. The summed E-state index contributed by atoms with van der Waals surface area (Å²) in [5.41, 5.74) is 4.73. The van der Waals surface area contributed by atoms with Crippen LogP contribution >= 0.6 is 0 Å². The van der Waals surface area contributed by atoms with E-state index in [4.69, 9.17) is 14.2 Å². The highest BCUT2D eigenvalue weighted by molar-refractivity contribution is 6.04. The molecule has 0 aromatic heterocycles. The number of methoxy groups -OCH3 is 2. The fraction of sp³-hybridized carbons (Fsp3) is 0.400. The van der Waals surface area contributed by atoms with Gasteiger partial charge in [0.2, 0.25) is 0 Å². The fourth-order valence-corrected chi connectivity index (χ4v) is 5.86. The SMILES string of the molecule is COc1ccc(C2C(C(=O)OC3CCCC3)=C(C)NC3=C2C(=O)CC(c2ccccc2)C3)cc1OC. The van der Waals surface area contributed by atoms with Gasteiger partial charge in [-0.25, -0.2) is 4.79 Å². The maximum atomic E-state index is 13.8. The molecule has 0 amide bonds. The Kier molecular flexibility index (Phi) is 6.86. The maximum absolute atomic E-state index is 13.8. The number of carbonyl (C=O) groups is 2. The number of ether oxygens (including phenoxy) is 3. The lowest BCUT2D eigenvalue weighted by Crippen LogP contribution is -2.36. The molecule has 0 bridgehead atoms. The molecule has 2 atom stereocenters. The van der Waals surface area contributed by atoms with Crippen molar-refractivity contribution in [2.75, 3.05) is 14.2 Å². The Balaban J connectivity index is 1.58. The molecule has 2 aromatic carbocycles. The van der Waals surface area contributed by atoms with Crippen LogP contribution in [0.4, 0.5) is 0 Å². The van der Waals surface area contributed by atoms with Gasteiger partial charge < -0.3 is 19.5 Å². The number of hydrogen-bond acceptors (Lipinski definition) is 6. The van der Waals surface area contributed by atoms with Gasteiger partial charge >= 0.3 is 5.97 Å². The van der Waals surface area contributed by atoms with Gasteiger partial charge in [0.1, 0.15) is 6.10 Å². The van der Waals surface area contributed by atoms with E-state index in [0.29, 0.717) is 35.5 Å². The summed E-state index contributed by atoms with van der Waals surface area (Å²) in [6, 6.07) is 15.8. The summed E-state index contributed by atoms with van der Waals surface area (Å²) in [6.07, 6.45) is 4.96. The van der Waals surface area contributed by atoms with E-state index < -0.39 is 5.92 Å². The van der Waals surface area contributed by atoms with E-state index in [9.17, 15) is 9.59 Å². The molecule has 6 nitrogen and oxygen atoms in total. The van der Waals surface area contributed by atoms with Gasteiger partial charge in [-0.3, -0.25) is 4.79 Å². The zero-order chi connectivity index (χ0) is 25.2. The first kappa shape index (κ1) is 24.2. The first-order valence-corrected chi connectivity index (χ1v) is 12.7. The fourth-order valence-electron chi connectivity index (χ4n) is 5.86. The number of esters is 1. The smallest absolute Gasteiger partial charge is 0.337 e. The van der Waals surface area contributed by atoms with Crippen LogP contribution in [-0.2, 0) is 14.3 Å². The molecule has 2 aliphatic carbocycles. The lowest BCUT2D eigenvalue weighted by atomic mass is 9.71. The molecule has 0 saturated heterocycles. The van der Waals surface area contributed by atoms with Gasteiger partial charge in [0.15, 0.2) is 17.3 Å². The Morgan fingerprint density at radius 3 is 2.33 bits per heavy atom. The van der Waals surface area contributed by atoms with E-state index in [2.05, 4.69) is 17.4 Å². The minimum atomic E-state index is -0.529. The van der Waals surface area contributed by atoms with Crippen molar-refractivity contribution in [2.45, 2.75) is 63.4 Å². The molecular weight excluding hydrogens is 454 g/mol. The number of benzene rings is 2. The van der Waals surface area contributed by atoms with E-state index in [1.165, 1.54) is 0 Å². The number of hydrogen-bond donors (Lipinski definition) is 1. The minimum absolute atomic E-state index is 0.0519. The largest absolute Gasteiger partial charge is 0.493 e. The number of ketones is 1. The number of dihydropyridines is 1. The van der Waals surface area contributed by atoms with E-state index in [0.717, 1.165) is 48.2 Å². The molecular formula is C30H33NO5. The van der Waals surface area contributed by atoms with E-state index >= 15 is 0 Å². The zero-order valence-electron chi connectivity index (χ0n) is 21.1. The van der Waals surface area contributed by atoms with Crippen LogP contribution in [0.5, 0.6) is 11.5 Å². The van der Waals surface area contributed by atoms with Crippen LogP contribution in [0.2, 0.25) is 0 Å². The van der Waals surface area contributed by atoms with E-state index in [1.54, 1.807) is 14.2 Å². The minimum Gasteiger partial charge on any atom is -0.493 e. The molecule has 1 aliphatic heterocycles. The summed E-state index contributed by atoms with van der Waals surface area (Å²) in [7, 11) is 3.17. The van der Waals surface area contributed by atoms with Crippen LogP contribution in [0.3, 0.4) is 0 Å². The van der Waals surface area contributed by atoms with Crippen molar-refractivity contribution in [1.29, 1.82) is 0 Å². The first-order valence-electron chi connectivity index (χ1n) is 12.7. The summed E-state index contributed by atoms with van der Waals surface area (Å²) in [5.74, 6) is 0.420. The van der Waals surface area contributed by atoms with Crippen molar-refractivity contribution in [2.24, 2.45) is 0 Å². The van der Waals surface area contributed by atoms with E-state index in [-0.39, 0.29) is 23.8 Å². The summed E-state index contributed by atoms with van der Waals surface area (Å²) in [4.78, 5) is 27.3. The van der Waals surface area contributed by atoms with Gasteiger partial charge in [-0.15, -0.1) is 0 Å².